The number of hydrogen-bond acceptors (Lipinski definition) is 4. The molecule has 126 valence electrons. The number of allylic oxidation sites excluding steroid dienone is 1. The van der Waals surface area contributed by atoms with Crippen LogP contribution in [-0.4, -0.2) is 29.6 Å². The fourth-order valence-corrected chi connectivity index (χ4v) is 2.44. The Morgan fingerprint density at radius 1 is 1.08 bits per heavy atom. The summed E-state index contributed by atoms with van der Waals surface area (Å²) in [7, 11) is 3.19. The first-order chi connectivity index (χ1) is 12.2. The number of rotatable bonds is 6. The van der Waals surface area contributed by atoms with Gasteiger partial charge in [0.05, 0.1) is 20.5 Å². The van der Waals surface area contributed by atoms with Gasteiger partial charge in [0.15, 0.2) is 5.78 Å². The van der Waals surface area contributed by atoms with Crippen molar-refractivity contribution in [1.82, 2.24) is 9.55 Å². The third-order valence-electron chi connectivity index (χ3n) is 3.81. The second-order valence-corrected chi connectivity index (χ2v) is 5.32. The van der Waals surface area contributed by atoms with Crippen molar-refractivity contribution in [2.75, 3.05) is 14.2 Å². The van der Waals surface area contributed by atoms with Gasteiger partial charge in [0.25, 0.3) is 0 Å². The van der Waals surface area contributed by atoms with Crippen molar-refractivity contribution in [3.8, 4) is 17.2 Å². The molecule has 25 heavy (non-hydrogen) atoms. The first kappa shape index (κ1) is 16.5. The highest BCUT2D eigenvalue weighted by atomic mass is 16.5. The van der Waals surface area contributed by atoms with Gasteiger partial charge >= 0.3 is 0 Å². The van der Waals surface area contributed by atoms with Crippen LogP contribution in [0.1, 0.15) is 15.9 Å². The molecule has 0 aliphatic rings. The standard InChI is InChI=1S/C20H18N2O3/c1-24-18-8-10-20(25-2)16(13-18)5-9-19(23)15-3-6-17(7-4-15)22-12-11-21-14-22/h3-14H,1-2H3/b9-5+. The SMILES string of the molecule is COc1ccc(OC)c(/C=C/C(=O)c2ccc(-n3ccnc3)cc2)c1. The van der Waals surface area contributed by atoms with Gasteiger partial charge in [-0.15, -0.1) is 0 Å². The molecule has 0 N–H and O–H groups in total. The molecule has 0 aliphatic carbocycles. The van der Waals surface area contributed by atoms with Gasteiger partial charge in [-0.3, -0.25) is 4.79 Å². The van der Waals surface area contributed by atoms with Gasteiger partial charge in [0, 0.05) is 29.2 Å². The Labute approximate surface area is 146 Å². The minimum atomic E-state index is -0.0814. The topological polar surface area (TPSA) is 53.4 Å². The summed E-state index contributed by atoms with van der Waals surface area (Å²) in [5, 5.41) is 0. The highest BCUT2D eigenvalue weighted by Crippen LogP contribution is 2.25. The Balaban J connectivity index is 1.79. The summed E-state index contributed by atoms with van der Waals surface area (Å²) in [6.07, 6.45) is 8.54. The predicted octanol–water partition coefficient (Wildman–Crippen LogP) is 3.79. The molecule has 0 aliphatic heterocycles. The highest BCUT2D eigenvalue weighted by Gasteiger charge is 2.05. The maximum Gasteiger partial charge on any atom is 0.185 e. The Bertz CT molecular complexity index is 882. The molecule has 0 amide bonds. The minimum absolute atomic E-state index is 0.0814. The molecule has 0 radical (unpaired) electrons. The summed E-state index contributed by atoms with van der Waals surface area (Å²) in [5.74, 6) is 1.31. The molecule has 5 nitrogen and oxygen atoms in total. The van der Waals surface area contributed by atoms with Crippen molar-refractivity contribution in [2.24, 2.45) is 0 Å². The van der Waals surface area contributed by atoms with E-state index in [0.717, 1.165) is 11.3 Å². The Morgan fingerprint density at radius 3 is 2.52 bits per heavy atom. The zero-order valence-corrected chi connectivity index (χ0v) is 14.0. The molecule has 0 fully saturated rings. The van der Waals surface area contributed by atoms with Gasteiger partial charge in [-0.25, -0.2) is 4.98 Å². The van der Waals surface area contributed by atoms with Crippen LogP contribution < -0.4 is 9.47 Å². The van der Waals surface area contributed by atoms with Crippen LogP contribution in [0.5, 0.6) is 11.5 Å². The number of ether oxygens (including phenoxy) is 2. The fraction of sp³-hybridized carbons (Fsp3) is 0.100. The molecular formula is C20H18N2O3. The molecule has 3 rings (SSSR count). The van der Waals surface area contributed by atoms with E-state index in [1.54, 1.807) is 45.0 Å². The number of aromatic nitrogens is 2. The summed E-state index contributed by atoms with van der Waals surface area (Å²) in [6.45, 7) is 0. The second kappa shape index (κ2) is 7.49. The fourth-order valence-electron chi connectivity index (χ4n) is 2.44. The number of carbonyl (C=O) groups is 1. The minimum Gasteiger partial charge on any atom is -0.497 e. The van der Waals surface area contributed by atoms with Gasteiger partial charge in [-0.05, 0) is 54.6 Å². The predicted molar refractivity (Wildman–Crippen MR) is 96.5 cm³/mol. The van der Waals surface area contributed by atoms with Crippen molar-refractivity contribution >= 4 is 11.9 Å². The van der Waals surface area contributed by atoms with Crippen molar-refractivity contribution in [1.29, 1.82) is 0 Å². The van der Waals surface area contributed by atoms with Crippen LogP contribution in [0.3, 0.4) is 0 Å². The number of carbonyl (C=O) groups excluding carboxylic acids is 1. The molecule has 0 spiro atoms. The summed E-state index contributed by atoms with van der Waals surface area (Å²) >= 11 is 0. The average Bonchev–Trinajstić information content (AvgIpc) is 3.20. The third kappa shape index (κ3) is 3.77. The van der Waals surface area contributed by atoms with Gasteiger partial charge in [-0.2, -0.15) is 0 Å². The maximum atomic E-state index is 12.4. The zero-order chi connectivity index (χ0) is 17.6. The van der Waals surface area contributed by atoms with Gasteiger partial charge < -0.3 is 14.0 Å². The Morgan fingerprint density at radius 2 is 1.88 bits per heavy atom. The van der Waals surface area contributed by atoms with Gasteiger partial charge in [-0.1, -0.05) is 0 Å². The summed E-state index contributed by atoms with van der Waals surface area (Å²) in [6, 6.07) is 12.8. The van der Waals surface area contributed by atoms with Crippen LogP contribution in [-0.2, 0) is 0 Å². The average molecular weight is 334 g/mol. The van der Waals surface area contributed by atoms with E-state index in [9.17, 15) is 4.79 Å². The lowest BCUT2D eigenvalue weighted by molar-refractivity contribution is 0.104. The molecule has 5 heteroatoms. The lowest BCUT2D eigenvalue weighted by Gasteiger charge is -2.07. The molecule has 0 unspecified atom stereocenters. The number of imidazole rings is 1. The quantitative estimate of drug-likeness (QED) is 0.508. The molecule has 0 atom stereocenters. The molecule has 1 heterocycles. The molecule has 0 bridgehead atoms. The number of hydrogen-bond donors (Lipinski definition) is 0. The summed E-state index contributed by atoms with van der Waals surface area (Å²) in [5.41, 5.74) is 2.35. The lowest BCUT2D eigenvalue weighted by atomic mass is 10.1. The van der Waals surface area contributed by atoms with Crippen molar-refractivity contribution in [2.45, 2.75) is 0 Å². The van der Waals surface area contributed by atoms with Crippen molar-refractivity contribution in [3.63, 3.8) is 0 Å². The maximum absolute atomic E-state index is 12.4. The first-order valence-corrected chi connectivity index (χ1v) is 7.74. The van der Waals surface area contributed by atoms with Gasteiger partial charge in [0.1, 0.15) is 11.5 Å². The van der Waals surface area contributed by atoms with E-state index >= 15 is 0 Å². The van der Waals surface area contributed by atoms with E-state index in [2.05, 4.69) is 4.98 Å². The zero-order valence-electron chi connectivity index (χ0n) is 14.0. The molecule has 1 aromatic heterocycles. The number of methoxy groups -OCH3 is 2. The third-order valence-corrected chi connectivity index (χ3v) is 3.81. The van der Waals surface area contributed by atoms with Crippen LogP contribution in [0.15, 0.2) is 67.3 Å². The van der Waals surface area contributed by atoms with Crippen molar-refractivity contribution < 1.29 is 14.3 Å². The Kier molecular flexibility index (Phi) is 4.95. The normalized spacial score (nSPS) is 10.8. The van der Waals surface area contributed by atoms with E-state index in [0.29, 0.717) is 17.1 Å². The summed E-state index contributed by atoms with van der Waals surface area (Å²) < 4.78 is 12.4. The second-order valence-electron chi connectivity index (χ2n) is 5.32. The van der Waals surface area contributed by atoms with Gasteiger partial charge in [0.2, 0.25) is 0 Å². The van der Waals surface area contributed by atoms with Crippen LogP contribution in [0.2, 0.25) is 0 Å². The van der Waals surface area contributed by atoms with E-state index < -0.39 is 0 Å². The van der Waals surface area contributed by atoms with Crippen LogP contribution in [0.25, 0.3) is 11.8 Å². The van der Waals surface area contributed by atoms with Crippen LogP contribution in [0.4, 0.5) is 0 Å². The first-order valence-electron chi connectivity index (χ1n) is 7.74. The summed E-state index contributed by atoms with van der Waals surface area (Å²) in [4.78, 5) is 16.4. The van der Waals surface area contributed by atoms with E-state index in [1.165, 1.54) is 6.08 Å². The van der Waals surface area contributed by atoms with E-state index in [-0.39, 0.29) is 5.78 Å². The highest BCUT2D eigenvalue weighted by molar-refractivity contribution is 6.07. The number of nitrogens with zero attached hydrogens (tertiary/aromatic N) is 2. The van der Waals surface area contributed by atoms with Crippen LogP contribution >= 0.6 is 0 Å². The molecule has 0 saturated heterocycles. The van der Waals surface area contributed by atoms with Crippen LogP contribution in [0, 0.1) is 0 Å². The van der Waals surface area contributed by atoms with E-state index in [1.807, 2.05) is 41.1 Å². The lowest BCUT2D eigenvalue weighted by Crippen LogP contribution is -1.96. The number of ketones is 1. The molecule has 0 saturated carbocycles. The molecule has 3 aromatic rings. The monoisotopic (exact) mass is 334 g/mol. The number of benzene rings is 2. The molecular weight excluding hydrogens is 316 g/mol. The Hall–Kier alpha value is -3.34. The largest absolute Gasteiger partial charge is 0.497 e. The molecule has 2 aromatic carbocycles. The van der Waals surface area contributed by atoms with Crippen molar-refractivity contribution in [3.05, 3.63) is 78.4 Å². The van der Waals surface area contributed by atoms with E-state index in [4.69, 9.17) is 9.47 Å². The smallest absolute Gasteiger partial charge is 0.185 e.